The van der Waals surface area contributed by atoms with Gasteiger partial charge in [0.15, 0.2) is 0 Å². The zero-order valence-electron chi connectivity index (χ0n) is 22.7. The maximum Gasteiger partial charge on any atom is 0.0556 e. The van der Waals surface area contributed by atoms with Gasteiger partial charge in [-0.3, -0.25) is 0 Å². The highest BCUT2D eigenvalue weighted by molar-refractivity contribution is 7.99. The molecule has 0 aromatic heterocycles. The summed E-state index contributed by atoms with van der Waals surface area (Å²) in [5.41, 5.74) is 6.30. The lowest BCUT2D eigenvalue weighted by Crippen LogP contribution is -2.26. The largest absolute Gasteiger partial charge is 0.336 e. The molecule has 2 aromatic rings. The van der Waals surface area contributed by atoms with Crippen LogP contribution in [0.2, 0.25) is 0 Å². The summed E-state index contributed by atoms with van der Waals surface area (Å²) in [4.78, 5) is 5.14. The molecule has 0 atom stereocenters. The van der Waals surface area contributed by atoms with Gasteiger partial charge in [0.05, 0.1) is 11.4 Å². The van der Waals surface area contributed by atoms with Gasteiger partial charge in [0, 0.05) is 16.3 Å². The highest BCUT2D eigenvalue weighted by Crippen LogP contribution is 2.51. The lowest BCUT2D eigenvalue weighted by molar-refractivity contribution is 0.283. The molecule has 0 aliphatic carbocycles. The van der Waals surface area contributed by atoms with Crippen LogP contribution in [0.1, 0.15) is 93.2 Å². The van der Waals surface area contributed by atoms with Gasteiger partial charge in [0.25, 0.3) is 0 Å². The van der Waals surface area contributed by atoms with Crippen LogP contribution in [-0.4, -0.2) is 6.54 Å². The summed E-state index contributed by atoms with van der Waals surface area (Å²) in [6.45, 7) is 28.4. The van der Waals surface area contributed by atoms with Crippen molar-refractivity contribution in [2.45, 2.75) is 103 Å². The molecule has 0 N–H and O–H groups in total. The van der Waals surface area contributed by atoms with E-state index >= 15 is 0 Å². The van der Waals surface area contributed by atoms with Crippen LogP contribution in [0.25, 0.3) is 0 Å². The van der Waals surface area contributed by atoms with Crippen LogP contribution in [0.4, 0.5) is 11.4 Å². The monoisotopic (exact) mass is 463 g/mol. The minimum Gasteiger partial charge on any atom is -0.336 e. The molecular formula is C31H45NS. The first kappa shape index (κ1) is 25.9. The average Bonchev–Trinajstić information content (AvgIpc) is 2.63. The van der Waals surface area contributed by atoms with E-state index in [4.69, 9.17) is 0 Å². The number of hydrogen-bond donors (Lipinski definition) is 0. The molecule has 0 bridgehead atoms. The Morgan fingerprint density at radius 1 is 0.697 bits per heavy atom. The third-order valence-electron chi connectivity index (χ3n) is 6.54. The van der Waals surface area contributed by atoms with Crippen molar-refractivity contribution in [3.63, 3.8) is 0 Å². The number of fused-ring (bicyclic) bond motifs is 2. The molecule has 2 aromatic carbocycles. The molecule has 0 unspecified atom stereocenters. The minimum absolute atomic E-state index is 0.133. The predicted octanol–water partition coefficient (Wildman–Crippen LogP) is 9.90. The van der Waals surface area contributed by atoms with E-state index in [9.17, 15) is 0 Å². The van der Waals surface area contributed by atoms with Crippen LogP contribution < -0.4 is 4.90 Å². The van der Waals surface area contributed by atoms with Crippen molar-refractivity contribution in [3.8, 4) is 0 Å². The van der Waals surface area contributed by atoms with E-state index < -0.39 is 0 Å². The Morgan fingerprint density at radius 2 is 1.09 bits per heavy atom. The zero-order valence-corrected chi connectivity index (χ0v) is 23.5. The van der Waals surface area contributed by atoms with Gasteiger partial charge in [-0.25, -0.2) is 0 Å². The van der Waals surface area contributed by atoms with Crippen LogP contribution in [0, 0.1) is 10.8 Å². The standard InChI is InChI=1S/C31H45NS/c1-12-17-32-24-15-13-22(30(8,9)20-28(2,3)4)18-26(24)33-27-19-23(14-16-25(27)32)31(10,11)21-29(5,6)7/h12-16,18-19H,1,17,20-21H2,2-11H3. The van der Waals surface area contributed by atoms with Gasteiger partial charge < -0.3 is 4.90 Å². The molecule has 0 amide bonds. The molecule has 2 heteroatoms. The van der Waals surface area contributed by atoms with Crippen molar-refractivity contribution < 1.29 is 0 Å². The summed E-state index contributed by atoms with van der Waals surface area (Å²) in [6.07, 6.45) is 4.32. The summed E-state index contributed by atoms with van der Waals surface area (Å²) >= 11 is 1.93. The fourth-order valence-electron chi connectivity index (χ4n) is 5.91. The topological polar surface area (TPSA) is 3.24 Å². The van der Waals surface area contributed by atoms with Gasteiger partial charge in [-0.2, -0.15) is 0 Å². The zero-order chi connectivity index (χ0) is 24.8. The Kier molecular flexibility index (Phi) is 6.95. The fourth-order valence-corrected chi connectivity index (χ4v) is 7.08. The van der Waals surface area contributed by atoms with Crippen molar-refractivity contribution in [1.82, 2.24) is 0 Å². The molecule has 1 aliphatic rings. The van der Waals surface area contributed by atoms with E-state index in [-0.39, 0.29) is 10.8 Å². The minimum atomic E-state index is 0.133. The average molecular weight is 464 g/mol. The van der Waals surface area contributed by atoms with Crippen molar-refractivity contribution in [2.24, 2.45) is 10.8 Å². The third-order valence-corrected chi connectivity index (χ3v) is 7.63. The molecule has 180 valence electrons. The van der Waals surface area contributed by atoms with E-state index in [1.165, 1.54) is 32.3 Å². The van der Waals surface area contributed by atoms with Gasteiger partial charge in [0.1, 0.15) is 0 Å². The molecule has 3 rings (SSSR count). The van der Waals surface area contributed by atoms with Crippen LogP contribution in [-0.2, 0) is 10.8 Å². The molecule has 0 saturated carbocycles. The van der Waals surface area contributed by atoms with Gasteiger partial charge >= 0.3 is 0 Å². The lowest BCUT2D eigenvalue weighted by Gasteiger charge is -2.37. The Morgan fingerprint density at radius 3 is 1.42 bits per heavy atom. The Hall–Kier alpha value is -1.67. The third kappa shape index (κ3) is 6.07. The predicted molar refractivity (Wildman–Crippen MR) is 148 cm³/mol. The van der Waals surface area contributed by atoms with Crippen LogP contribution in [0.5, 0.6) is 0 Å². The first-order chi connectivity index (χ1) is 15.0. The Bertz CT molecular complexity index is 937. The molecule has 1 heterocycles. The highest BCUT2D eigenvalue weighted by Gasteiger charge is 2.32. The summed E-state index contributed by atoms with van der Waals surface area (Å²) < 4.78 is 0. The molecule has 1 nitrogen and oxygen atoms in total. The van der Waals surface area contributed by atoms with Crippen LogP contribution >= 0.6 is 11.8 Å². The maximum absolute atomic E-state index is 4.05. The molecule has 1 aliphatic heterocycles. The SMILES string of the molecule is C=CCN1c2ccc(C(C)(C)CC(C)(C)C)cc2Sc2cc(C(C)(C)CC(C)(C)C)ccc21. The first-order valence-electron chi connectivity index (χ1n) is 12.4. The number of rotatable bonds is 6. The number of hydrogen-bond acceptors (Lipinski definition) is 2. The molecule has 0 fully saturated rings. The quantitative estimate of drug-likeness (QED) is 0.392. The van der Waals surface area contributed by atoms with Crippen LogP contribution in [0.3, 0.4) is 0 Å². The van der Waals surface area contributed by atoms with Gasteiger partial charge in [0.2, 0.25) is 0 Å². The van der Waals surface area contributed by atoms with Crippen LogP contribution in [0.15, 0.2) is 58.8 Å². The van der Waals surface area contributed by atoms with E-state index in [1.54, 1.807) is 0 Å². The number of benzene rings is 2. The summed E-state index contributed by atoms with van der Waals surface area (Å²) in [5.74, 6) is 0. The molecule has 0 saturated heterocycles. The van der Waals surface area contributed by atoms with Crippen molar-refractivity contribution in [1.29, 1.82) is 0 Å². The number of anilines is 2. The van der Waals surface area contributed by atoms with Crippen molar-refractivity contribution >= 4 is 23.1 Å². The fraction of sp³-hybridized carbons (Fsp3) is 0.548. The second-order valence-corrected chi connectivity index (χ2v) is 14.7. The van der Waals surface area contributed by atoms with Gasteiger partial charge in [-0.1, -0.05) is 99.2 Å². The summed E-state index contributed by atoms with van der Waals surface area (Å²) in [5, 5.41) is 0. The Balaban J connectivity index is 2.04. The maximum atomic E-state index is 4.05. The second-order valence-electron chi connectivity index (χ2n) is 13.6. The van der Waals surface area contributed by atoms with E-state index in [2.05, 4.69) is 117 Å². The highest BCUT2D eigenvalue weighted by atomic mass is 32.2. The molecule has 33 heavy (non-hydrogen) atoms. The Labute approximate surface area is 208 Å². The smallest absolute Gasteiger partial charge is 0.0556 e. The van der Waals surface area contributed by atoms with Crippen molar-refractivity contribution in [3.05, 3.63) is 60.2 Å². The van der Waals surface area contributed by atoms with E-state index in [0.717, 1.165) is 19.4 Å². The van der Waals surface area contributed by atoms with Gasteiger partial charge in [-0.05, 0) is 69.9 Å². The van der Waals surface area contributed by atoms with Crippen molar-refractivity contribution in [2.75, 3.05) is 11.4 Å². The summed E-state index contributed by atoms with van der Waals surface area (Å²) in [6, 6.07) is 14.2. The number of nitrogens with zero attached hydrogens (tertiary/aromatic N) is 1. The van der Waals surface area contributed by atoms with E-state index in [0.29, 0.717) is 10.8 Å². The summed E-state index contributed by atoms with van der Waals surface area (Å²) in [7, 11) is 0. The van der Waals surface area contributed by atoms with E-state index in [1.807, 2.05) is 17.8 Å². The normalized spacial score (nSPS) is 14.7. The molecule has 0 radical (unpaired) electrons. The van der Waals surface area contributed by atoms with Gasteiger partial charge in [-0.15, -0.1) is 6.58 Å². The molecular weight excluding hydrogens is 418 g/mol. The molecule has 0 spiro atoms. The first-order valence-corrected chi connectivity index (χ1v) is 13.2. The second kappa shape index (κ2) is 8.84. The lowest BCUT2D eigenvalue weighted by atomic mass is 9.72.